The molecule has 1 aromatic rings. The first-order chi connectivity index (χ1) is 10.8. The van der Waals surface area contributed by atoms with Crippen molar-refractivity contribution in [3.05, 3.63) is 41.5 Å². The average Bonchev–Trinajstić information content (AvgIpc) is 2.56. The van der Waals surface area contributed by atoms with E-state index in [4.69, 9.17) is 4.74 Å². The van der Waals surface area contributed by atoms with Crippen LogP contribution in [0, 0.1) is 5.92 Å². The van der Waals surface area contributed by atoms with Crippen LogP contribution in [0.1, 0.15) is 49.7 Å². The third-order valence-electron chi connectivity index (χ3n) is 4.91. The average molecular weight is 336 g/mol. The Balaban J connectivity index is 0.00000192. The fourth-order valence-corrected chi connectivity index (χ4v) is 3.62. The van der Waals surface area contributed by atoms with E-state index < -0.39 is 0 Å². The number of rotatable bonds is 5. The normalized spacial score (nSPS) is 18.5. The molecule has 1 aliphatic carbocycles. The third-order valence-corrected chi connectivity index (χ3v) is 4.91. The Labute approximate surface area is 147 Å². The molecule has 1 saturated carbocycles. The van der Waals surface area contributed by atoms with E-state index in [-0.39, 0.29) is 12.4 Å². The Hall–Kier alpha value is -0.990. The van der Waals surface area contributed by atoms with Gasteiger partial charge in [0, 0.05) is 13.1 Å². The van der Waals surface area contributed by atoms with Crippen molar-refractivity contribution >= 4 is 12.4 Å². The summed E-state index contributed by atoms with van der Waals surface area (Å²) in [5.74, 6) is 1.94. The van der Waals surface area contributed by atoms with Crippen LogP contribution in [0.3, 0.4) is 0 Å². The smallest absolute Gasteiger partial charge is 0.122 e. The Morgan fingerprint density at radius 2 is 2.00 bits per heavy atom. The topological polar surface area (TPSA) is 12.5 Å². The van der Waals surface area contributed by atoms with Crippen LogP contribution in [-0.2, 0) is 13.0 Å². The summed E-state index contributed by atoms with van der Waals surface area (Å²) in [5, 5.41) is 0. The molecule has 0 radical (unpaired) electrons. The van der Waals surface area contributed by atoms with Gasteiger partial charge in [0.05, 0.1) is 6.61 Å². The third kappa shape index (κ3) is 5.54. The molecule has 1 aliphatic heterocycles. The van der Waals surface area contributed by atoms with Crippen molar-refractivity contribution in [1.82, 2.24) is 4.90 Å². The van der Waals surface area contributed by atoms with Crippen LogP contribution in [0.2, 0.25) is 0 Å². The SMILES string of the molecule is CN(C/C=C/C1CCCCC1)Cc1ccc2c(c1)OCCC2.Cl. The second-order valence-corrected chi connectivity index (χ2v) is 6.92. The number of aryl methyl sites for hydroxylation is 1. The first-order valence-corrected chi connectivity index (χ1v) is 8.91. The molecule has 0 atom stereocenters. The molecule has 0 spiro atoms. The lowest BCUT2D eigenvalue weighted by Gasteiger charge is -2.20. The van der Waals surface area contributed by atoms with Crippen molar-refractivity contribution in [2.75, 3.05) is 20.2 Å². The minimum Gasteiger partial charge on any atom is -0.493 e. The van der Waals surface area contributed by atoms with Crippen molar-refractivity contribution in [3.8, 4) is 5.75 Å². The van der Waals surface area contributed by atoms with Crippen LogP contribution in [0.4, 0.5) is 0 Å². The summed E-state index contributed by atoms with van der Waals surface area (Å²) in [6.07, 6.45) is 14.2. The van der Waals surface area contributed by atoms with E-state index in [1.54, 1.807) is 0 Å². The quantitative estimate of drug-likeness (QED) is 0.702. The number of nitrogens with zero attached hydrogens (tertiary/aromatic N) is 1. The molecule has 0 N–H and O–H groups in total. The number of likely N-dealkylation sites (N-methyl/N-ethyl adjacent to an activating group) is 1. The molecular formula is C20H30ClNO. The summed E-state index contributed by atoms with van der Waals surface area (Å²) >= 11 is 0. The highest BCUT2D eigenvalue weighted by molar-refractivity contribution is 5.85. The van der Waals surface area contributed by atoms with Crippen molar-refractivity contribution in [2.24, 2.45) is 5.92 Å². The first-order valence-electron chi connectivity index (χ1n) is 8.91. The summed E-state index contributed by atoms with van der Waals surface area (Å²) in [5.41, 5.74) is 2.73. The van der Waals surface area contributed by atoms with Gasteiger partial charge < -0.3 is 4.74 Å². The predicted octanol–water partition coefficient (Wildman–Crippen LogP) is 5.00. The summed E-state index contributed by atoms with van der Waals surface area (Å²) in [6.45, 7) is 2.90. The van der Waals surface area contributed by atoms with Gasteiger partial charge in [-0.05, 0) is 55.8 Å². The summed E-state index contributed by atoms with van der Waals surface area (Å²) in [6, 6.07) is 6.74. The lowest BCUT2D eigenvalue weighted by molar-refractivity contribution is 0.287. The number of allylic oxidation sites excluding steroid dienone is 1. The van der Waals surface area contributed by atoms with E-state index in [1.807, 2.05) is 0 Å². The van der Waals surface area contributed by atoms with Gasteiger partial charge in [0.15, 0.2) is 0 Å². The van der Waals surface area contributed by atoms with Crippen LogP contribution < -0.4 is 4.74 Å². The second kappa shape index (κ2) is 9.34. The Morgan fingerprint density at radius 3 is 2.83 bits per heavy atom. The van der Waals surface area contributed by atoms with Gasteiger partial charge in [-0.2, -0.15) is 0 Å². The lowest BCUT2D eigenvalue weighted by Crippen LogP contribution is -2.18. The minimum atomic E-state index is 0. The van der Waals surface area contributed by atoms with E-state index in [1.165, 1.54) is 43.2 Å². The Bertz CT molecular complexity index is 508. The maximum absolute atomic E-state index is 5.77. The van der Waals surface area contributed by atoms with Crippen molar-refractivity contribution < 1.29 is 4.74 Å². The number of ether oxygens (including phenoxy) is 1. The summed E-state index contributed by atoms with van der Waals surface area (Å²) in [7, 11) is 2.20. The van der Waals surface area contributed by atoms with Gasteiger partial charge in [-0.3, -0.25) is 4.90 Å². The highest BCUT2D eigenvalue weighted by Crippen LogP contribution is 2.26. The summed E-state index contributed by atoms with van der Waals surface area (Å²) < 4.78 is 5.77. The van der Waals surface area contributed by atoms with Gasteiger partial charge in [0.2, 0.25) is 0 Å². The molecule has 0 amide bonds. The van der Waals surface area contributed by atoms with Gasteiger partial charge in [-0.15, -0.1) is 12.4 Å². The van der Waals surface area contributed by atoms with E-state index in [9.17, 15) is 0 Å². The van der Waals surface area contributed by atoms with Crippen LogP contribution >= 0.6 is 12.4 Å². The summed E-state index contributed by atoms with van der Waals surface area (Å²) in [4.78, 5) is 2.38. The van der Waals surface area contributed by atoms with Gasteiger partial charge in [0.1, 0.15) is 5.75 Å². The maximum Gasteiger partial charge on any atom is 0.122 e. The second-order valence-electron chi connectivity index (χ2n) is 6.92. The Kier molecular flexibility index (Phi) is 7.45. The zero-order valence-electron chi connectivity index (χ0n) is 14.3. The molecular weight excluding hydrogens is 306 g/mol. The molecule has 3 heteroatoms. The molecule has 1 aromatic carbocycles. The first kappa shape index (κ1) is 18.4. The van der Waals surface area contributed by atoms with Crippen LogP contribution in [0.5, 0.6) is 5.75 Å². The fourth-order valence-electron chi connectivity index (χ4n) is 3.62. The van der Waals surface area contributed by atoms with Crippen molar-refractivity contribution in [2.45, 2.75) is 51.5 Å². The standard InChI is InChI=1S/C20H29NO.ClH/c1-21(13-5-9-17-7-3-2-4-8-17)16-18-11-12-19-10-6-14-22-20(19)15-18;/h5,9,11-12,15,17H,2-4,6-8,10,13-14,16H2,1H3;1H/b9-5+;. The maximum atomic E-state index is 5.77. The molecule has 0 saturated heterocycles. The monoisotopic (exact) mass is 335 g/mol. The van der Waals surface area contributed by atoms with E-state index in [0.29, 0.717) is 0 Å². The van der Waals surface area contributed by atoms with Gasteiger partial charge >= 0.3 is 0 Å². The molecule has 23 heavy (non-hydrogen) atoms. The highest BCUT2D eigenvalue weighted by atomic mass is 35.5. The minimum absolute atomic E-state index is 0. The van der Waals surface area contributed by atoms with Gasteiger partial charge in [0.25, 0.3) is 0 Å². The van der Waals surface area contributed by atoms with Crippen molar-refractivity contribution in [1.29, 1.82) is 0 Å². The zero-order valence-corrected chi connectivity index (χ0v) is 15.1. The molecule has 2 aliphatic rings. The number of benzene rings is 1. The highest BCUT2D eigenvalue weighted by Gasteiger charge is 2.12. The van der Waals surface area contributed by atoms with Gasteiger partial charge in [-0.25, -0.2) is 0 Å². The largest absolute Gasteiger partial charge is 0.493 e. The number of fused-ring (bicyclic) bond motifs is 1. The van der Waals surface area contributed by atoms with Gasteiger partial charge in [-0.1, -0.05) is 43.5 Å². The predicted molar refractivity (Wildman–Crippen MR) is 99.6 cm³/mol. The van der Waals surface area contributed by atoms with Crippen LogP contribution in [0.15, 0.2) is 30.4 Å². The number of hydrogen-bond acceptors (Lipinski definition) is 2. The molecule has 0 unspecified atom stereocenters. The zero-order chi connectivity index (χ0) is 15.2. The molecule has 0 bridgehead atoms. The molecule has 128 valence electrons. The lowest BCUT2D eigenvalue weighted by atomic mass is 9.89. The Morgan fingerprint density at radius 1 is 1.17 bits per heavy atom. The molecule has 1 fully saturated rings. The molecule has 0 aromatic heterocycles. The van der Waals surface area contributed by atoms with E-state index >= 15 is 0 Å². The van der Waals surface area contributed by atoms with Crippen LogP contribution in [0.25, 0.3) is 0 Å². The number of halogens is 1. The van der Waals surface area contributed by atoms with E-state index in [2.05, 4.69) is 42.3 Å². The fraction of sp³-hybridized carbons (Fsp3) is 0.600. The molecule has 3 rings (SSSR count). The van der Waals surface area contributed by atoms with Crippen LogP contribution in [-0.4, -0.2) is 25.1 Å². The number of hydrogen-bond donors (Lipinski definition) is 0. The van der Waals surface area contributed by atoms with E-state index in [0.717, 1.165) is 44.2 Å². The van der Waals surface area contributed by atoms with Crippen molar-refractivity contribution in [3.63, 3.8) is 0 Å². The molecule has 2 nitrogen and oxygen atoms in total. The molecule has 1 heterocycles.